The molecule has 0 bridgehead atoms. The van der Waals surface area contributed by atoms with Gasteiger partial charge in [0.25, 0.3) is 5.91 Å². The highest BCUT2D eigenvalue weighted by Crippen LogP contribution is 2.22. The first-order valence-corrected chi connectivity index (χ1v) is 13.4. The molecular formula is C32H46N4O4. The third-order valence-corrected chi connectivity index (χ3v) is 5.49. The standard InChI is InChI=1S/C15H20N2O3.C13H14N2O.2C2H6/c1-6-12(8-11(3)15(19)20-5)16-14(18)13-7-10(2)9-17(13)4;1-14-12-5-3-10(4-6-12)11-7-13(9-16)15(2)8-11;2*1-2/h6-9H,1-5H3,(H,16,18);3-9,14H,1-2H3;2*1-2H3/b11-8+,12-6+;;;. The molecule has 0 spiro atoms. The molecule has 3 aromatic rings. The Labute approximate surface area is 239 Å². The van der Waals surface area contributed by atoms with Crippen molar-refractivity contribution in [2.75, 3.05) is 19.5 Å². The summed E-state index contributed by atoms with van der Waals surface area (Å²) in [5, 5.41) is 5.84. The van der Waals surface area contributed by atoms with E-state index in [1.807, 2.05) is 103 Å². The van der Waals surface area contributed by atoms with Crippen LogP contribution >= 0.6 is 0 Å². The summed E-state index contributed by atoms with van der Waals surface area (Å²) in [6, 6.07) is 11.8. The van der Waals surface area contributed by atoms with Gasteiger partial charge < -0.3 is 24.5 Å². The second-order valence-electron chi connectivity index (χ2n) is 8.24. The molecule has 0 unspecified atom stereocenters. The van der Waals surface area contributed by atoms with Crippen LogP contribution in [0.25, 0.3) is 11.1 Å². The zero-order valence-corrected chi connectivity index (χ0v) is 25.9. The summed E-state index contributed by atoms with van der Waals surface area (Å²) in [6.45, 7) is 13.3. The highest BCUT2D eigenvalue weighted by Gasteiger charge is 2.12. The summed E-state index contributed by atoms with van der Waals surface area (Å²) in [6.07, 6.45) is 8.00. The van der Waals surface area contributed by atoms with Gasteiger partial charge in [-0.25, -0.2) is 4.79 Å². The summed E-state index contributed by atoms with van der Waals surface area (Å²) in [5.41, 5.74) is 6.49. The van der Waals surface area contributed by atoms with Gasteiger partial charge in [-0.3, -0.25) is 9.59 Å². The van der Waals surface area contributed by atoms with Crippen molar-refractivity contribution < 1.29 is 19.1 Å². The Bertz CT molecular complexity index is 1280. The van der Waals surface area contributed by atoms with Crippen LogP contribution in [0.4, 0.5) is 5.69 Å². The summed E-state index contributed by atoms with van der Waals surface area (Å²) in [5.74, 6) is -0.643. The van der Waals surface area contributed by atoms with Crippen molar-refractivity contribution in [3.8, 4) is 11.1 Å². The van der Waals surface area contributed by atoms with Gasteiger partial charge >= 0.3 is 5.97 Å². The van der Waals surface area contributed by atoms with E-state index < -0.39 is 5.97 Å². The number of ether oxygens (including phenoxy) is 1. The molecule has 0 radical (unpaired) electrons. The molecule has 2 aromatic heterocycles. The Morgan fingerprint density at radius 2 is 1.52 bits per heavy atom. The molecule has 0 aliphatic heterocycles. The normalized spacial score (nSPS) is 10.5. The second-order valence-corrected chi connectivity index (χ2v) is 8.24. The Morgan fingerprint density at radius 3 is 1.95 bits per heavy atom. The van der Waals surface area contributed by atoms with E-state index in [0.717, 1.165) is 28.7 Å². The van der Waals surface area contributed by atoms with Crippen molar-refractivity contribution in [3.05, 3.63) is 89.2 Å². The predicted molar refractivity (Wildman–Crippen MR) is 166 cm³/mol. The zero-order valence-electron chi connectivity index (χ0n) is 25.9. The molecule has 0 saturated heterocycles. The molecular weight excluding hydrogens is 504 g/mol. The van der Waals surface area contributed by atoms with Crippen molar-refractivity contribution in [2.45, 2.75) is 48.5 Å². The average Bonchev–Trinajstić information content (AvgIpc) is 3.54. The predicted octanol–water partition coefficient (Wildman–Crippen LogP) is 6.69. The number of esters is 1. The molecule has 2 heterocycles. The Balaban J connectivity index is 0.000000687. The molecule has 8 heteroatoms. The Hall–Kier alpha value is -4.33. The number of aldehydes is 1. The molecule has 0 fully saturated rings. The Kier molecular flexibility index (Phi) is 16.8. The molecule has 40 heavy (non-hydrogen) atoms. The monoisotopic (exact) mass is 550 g/mol. The molecule has 0 aliphatic rings. The summed E-state index contributed by atoms with van der Waals surface area (Å²) < 4.78 is 8.20. The molecule has 3 rings (SSSR count). The molecule has 0 saturated carbocycles. The van der Waals surface area contributed by atoms with E-state index in [2.05, 4.69) is 15.4 Å². The number of hydrogen-bond donors (Lipinski definition) is 2. The number of allylic oxidation sites excluding steroid dienone is 2. The van der Waals surface area contributed by atoms with Crippen molar-refractivity contribution in [3.63, 3.8) is 0 Å². The topological polar surface area (TPSA) is 94.4 Å². The summed E-state index contributed by atoms with van der Waals surface area (Å²) >= 11 is 0. The van der Waals surface area contributed by atoms with Gasteiger partial charge in [-0.1, -0.05) is 45.9 Å². The van der Waals surface area contributed by atoms with E-state index in [4.69, 9.17) is 0 Å². The number of aryl methyl sites for hydroxylation is 3. The van der Waals surface area contributed by atoms with Gasteiger partial charge in [0.05, 0.1) is 12.8 Å². The number of aromatic nitrogens is 2. The van der Waals surface area contributed by atoms with Crippen LogP contribution in [0.1, 0.15) is 68.1 Å². The number of nitrogens with zero attached hydrogens (tertiary/aromatic N) is 2. The van der Waals surface area contributed by atoms with E-state index in [9.17, 15) is 14.4 Å². The van der Waals surface area contributed by atoms with Crippen molar-refractivity contribution >= 4 is 23.9 Å². The number of nitrogens with one attached hydrogen (secondary N) is 2. The van der Waals surface area contributed by atoms with Gasteiger partial charge in [-0.15, -0.1) is 0 Å². The third-order valence-electron chi connectivity index (χ3n) is 5.49. The number of benzene rings is 1. The van der Waals surface area contributed by atoms with Crippen LogP contribution in [-0.2, 0) is 23.6 Å². The van der Waals surface area contributed by atoms with Crippen LogP contribution in [0.15, 0.2) is 72.2 Å². The molecule has 218 valence electrons. The lowest BCUT2D eigenvalue weighted by atomic mass is 10.1. The second kappa shape index (κ2) is 18.8. The van der Waals surface area contributed by atoms with E-state index in [0.29, 0.717) is 22.7 Å². The highest BCUT2D eigenvalue weighted by molar-refractivity contribution is 5.95. The van der Waals surface area contributed by atoms with Gasteiger partial charge in [0.2, 0.25) is 0 Å². The van der Waals surface area contributed by atoms with Crippen LogP contribution in [0.5, 0.6) is 0 Å². The van der Waals surface area contributed by atoms with E-state index in [1.54, 1.807) is 36.6 Å². The van der Waals surface area contributed by atoms with Crippen molar-refractivity contribution in [1.82, 2.24) is 14.5 Å². The van der Waals surface area contributed by atoms with E-state index >= 15 is 0 Å². The number of hydrogen-bond acceptors (Lipinski definition) is 5. The lowest BCUT2D eigenvalue weighted by molar-refractivity contribution is -0.136. The minimum atomic E-state index is -0.423. The number of carbonyl (C=O) groups is 3. The average molecular weight is 551 g/mol. The first-order valence-electron chi connectivity index (χ1n) is 13.4. The van der Waals surface area contributed by atoms with E-state index in [-0.39, 0.29) is 5.91 Å². The van der Waals surface area contributed by atoms with Crippen LogP contribution in [0, 0.1) is 6.92 Å². The lowest BCUT2D eigenvalue weighted by Gasteiger charge is -2.07. The summed E-state index contributed by atoms with van der Waals surface area (Å²) in [7, 11) is 6.89. The van der Waals surface area contributed by atoms with Gasteiger partial charge in [-0.2, -0.15) is 0 Å². The van der Waals surface area contributed by atoms with Crippen LogP contribution in [0.2, 0.25) is 0 Å². The minimum absolute atomic E-state index is 0.220. The number of carbonyl (C=O) groups excluding carboxylic acids is 3. The zero-order chi connectivity index (χ0) is 30.8. The lowest BCUT2D eigenvalue weighted by Crippen LogP contribution is -2.24. The number of rotatable bonds is 7. The summed E-state index contributed by atoms with van der Waals surface area (Å²) in [4.78, 5) is 34.2. The number of methoxy groups -OCH3 is 1. The molecule has 0 aliphatic carbocycles. The largest absolute Gasteiger partial charge is 0.466 e. The quantitative estimate of drug-likeness (QED) is 0.148. The third kappa shape index (κ3) is 10.8. The maximum Gasteiger partial charge on any atom is 0.333 e. The van der Waals surface area contributed by atoms with Crippen LogP contribution in [0.3, 0.4) is 0 Å². The fourth-order valence-corrected chi connectivity index (χ4v) is 3.48. The fraction of sp³-hybridized carbons (Fsp3) is 0.344. The molecule has 8 nitrogen and oxygen atoms in total. The maximum absolute atomic E-state index is 12.2. The number of amides is 1. The maximum atomic E-state index is 12.2. The SMILES string of the molecule is C/C=C(\C=C(/C)C(=O)OC)NC(=O)c1cc(C)cn1C.CC.CC.CNc1ccc(-c2cc(C=O)n(C)c2)cc1. The van der Waals surface area contributed by atoms with E-state index in [1.165, 1.54) is 7.11 Å². The molecule has 1 amide bonds. The molecule has 2 N–H and O–H groups in total. The van der Waals surface area contributed by atoms with Crippen molar-refractivity contribution in [1.29, 1.82) is 0 Å². The van der Waals surface area contributed by atoms with Gasteiger partial charge in [0, 0.05) is 56.1 Å². The Morgan fingerprint density at radius 1 is 0.925 bits per heavy atom. The van der Waals surface area contributed by atoms with Gasteiger partial charge in [0.15, 0.2) is 6.29 Å². The first-order chi connectivity index (χ1) is 19.1. The fourth-order valence-electron chi connectivity index (χ4n) is 3.48. The van der Waals surface area contributed by atoms with Gasteiger partial charge in [0.1, 0.15) is 5.69 Å². The van der Waals surface area contributed by atoms with Crippen LogP contribution < -0.4 is 10.6 Å². The smallest absolute Gasteiger partial charge is 0.333 e. The highest BCUT2D eigenvalue weighted by atomic mass is 16.5. The molecule has 0 atom stereocenters. The minimum Gasteiger partial charge on any atom is -0.466 e. The molecule has 1 aromatic carbocycles. The van der Waals surface area contributed by atoms with Crippen LogP contribution in [-0.4, -0.2) is 41.5 Å². The first kappa shape index (κ1) is 35.7. The van der Waals surface area contributed by atoms with Gasteiger partial charge in [-0.05, 0) is 62.2 Å². The number of anilines is 1. The van der Waals surface area contributed by atoms with Crippen molar-refractivity contribution in [2.24, 2.45) is 14.1 Å².